The minimum Gasteiger partial charge on any atom is -0.493 e. The number of halogens is 2. The van der Waals surface area contributed by atoms with Crippen LogP contribution < -0.4 is 10.1 Å². The number of urea groups is 1. The summed E-state index contributed by atoms with van der Waals surface area (Å²) in [6, 6.07) is 10.6. The fourth-order valence-corrected chi connectivity index (χ4v) is 3.56. The van der Waals surface area contributed by atoms with Crippen LogP contribution in [0.3, 0.4) is 0 Å². The van der Waals surface area contributed by atoms with Gasteiger partial charge in [-0.1, -0.05) is 35.9 Å². The van der Waals surface area contributed by atoms with E-state index in [2.05, 4.69) is 5.32 Å². The smallest absolute Gasteiger partial charge is 0.325 e. The van der Waals surface area contributed by atoms with Gasteiger partial charge in [-0.3, -0.25) is 9.69 Å². The van der Waals surface area contributed by atoms with Crippen molar-refractivity contribution >= 4 is 23.5 Å². The maximum Gasteiger partial charge on any atom is 0.325 e. The SMILES string of the molecule is O=C1N[C@]2(CCOc3ccccc32)C(=O)N1Cc1ccc(F)cc1Cl. The molecule has 0 bridgehead atoms. The van der Waals surface area contributed by atoms with Gasteiger partial charge in [0.15, 0.2) is 5.54 Å². The lowest BCUT2D eigenvalue weighted by atomic mass is 9.84. The average Bonchev–Trinajstić information content (AvgIpc) is 2.82. The molecule has 25 heavy (non-hydrogen) atoms. The van der Waals surface area contributed by atoms with Gasteiger partial charge < -0.3 is 10.1 Å². The molecule has 2 aliphatic rings. The van der Waals surface area contributed by atoms with Gasteiger partial charge in [0.1, 0.15) is 11.6 Å². The van der Waals surface area contributed by atoms with E-state index >= 15 is 0 Å². The number of fused-ring (bicyclic) bond motifs is 2. The minimum atomic E-state index is -1.13. The Labute approximate surface area is 148 Å². The quantitative estimate of drug-likeness (QED) is 0.837. The monoisotopic (exact) mass is 360 g/mol. The van der Waals surface area contributed by atoms with E-state index in [1.54, 1.807) is 18.2 Å². The number of imide groups is 1. The highest BCUT2D eigenvalue weighted by Gasteiger charge is 2.54. The topological polar surface area (TPSA) is 58.6 Å². The maximum atomic E-state index is 13.2. The van der Waals surface area contributed by atoms with Crippen LogP contribution in [0.1, 0.15) is 17.5 Å². The highest BCUT2D eigenvalue weighted by Crippen LogP contribution is 2.41. The van der Waals surface area contributed by atoms with E-state index in [0.29, 0.717) is 29.9 Å². The van der Waals surface area contributed by atoms with Gasteiger partial charge in [-0.25, -0.2) is 9.18 Å². The third-order valence-electron chi connectivity index (χ3n) is 4.60. The largest absolute Gasteiger partial charge is 0.493 e. The summed E-state index contributed by atoms with van der Waals surface area (Å²) >= 11 is 6.03. The second kappa shape index (κ2) is 5.74. The van der Waals surface area contributed by atoms with Crippen molar-refractivity contribution in [3.8, 4) is 5.75 Å². The van der Waals surface area contributed by atoms with E-state index in [-0.39, 0.29) is 17.5 Å². The van der Waals surface area contributed by atoms with Gasteiger partial charge in [0.25, 0.3) is 5.91 Å². The molecule has 0 saturated carbocycles. The molecule has 2 aromatic carbocycles. The van der Waals surface area contributed by atoms with Crippen LogP contribution in [0.15, 0.2) is 42.5 Å². The number of carbonyl (C=O) groups excluding carboxylic acids is 2. The highest BCUT2D eigenvalue weighted by molar-refractivity contribution is 6.31. The van der Waals surface area contributed by atoms with Gasteiger partial charge in [-0.15, -0.1) is 0 Å². The fraction of sp³-hybridized carbons (Fsp3) is 0.222. The zero-order valence-corrected chi connectivity index (χ0v) is 13.8. The molecule has 1 atom stereocenters. The van der Waals surface area contributed by atoms with Crippen LogP contribution in [-0.2, 0) is 16.9 Å². The van der Waals surface area contributed by atoms with E-state index in [4.69, 9.17) is 16.3 Å². The molecule has 1 fully saturated rings. The van der Waals surface area contributed by atoms with Crippen LogP contribution in [-0.4, -0.2) is 23.4 Å². The summed E-state index contributed by atoms with van der Waals surface area (Å²) in [6.45, 7) is 0.308. The Morgan fingerprint density at radius 2 is 2.04 bits per heavy atom. The first-order valence-corrected chi connectivity index (χ1v) is 8.19. The molecule has 1 N–H and O–H groups in total. The molecule has 4 rings (SSSR count). The first-order valence-electron chi connectivity index (χ1n) is 7.81. The van der Waals surface area contributed by atoms with Crippen molar-refractivity contribution in [3.05, 3.63) is 64.4 Å². The number of benzene rings is 2. The highest BCUT2D eigenvalue weighted by atomic mass is 35.5. The number of hydrogen-bond acceptors (Lipinski definition) is 3. The fourth-order valence-electron chi connectivity index (χ4n) is 3.34. The van der Waals surface area contributed by atoms with Gasteiger partial charge >= 0.3 is 6.03 Å². The molecular weight excluding hydrogens is 347 g/mol. The van der Waals surface area contributed by atoms with Crippen molar-refractivity contribution in [2.45, 2.75) is 18.5 Å². The first-order chi connectivity index (χ1) is 12.0. The number of amides is 3. The Hall–Kier alpha value is -2.60. The van der Waals surface area contributed by atoms with Gasteiger partial charge in [-0.2, -0.15) is 0 Å². The van der Waals surface area contributed by atoms with Crippen molar-refractivity contribution in [1.29, 1.82) is 0 Å². The zero-order chi connectivity index (χ0) is 17.6. The summed E-state index contributed by atoms with van der Waals surface area (Å²) in [5.41, 5.74) is 0.0228. The predicted octanol–water partition coefficient (Wildman–Crippen LogP) is 3.21. The van der Waals surface area contributed by atoms with E-state index < -0.39 is 17.4 Å². The van der Waals surface area contributed by atoms with E-state index in [1.165, 1.54) is 12.1 Å². The van der Waals surface area contributed by atoms with Crippen LogP contribution in [0.2, 0.25) is 5.02 Å². The molecule has 2 heterocycles. The van der Waals surface area contributed by atoms with Gasteiger partial charge in [0.2, 0.25) is 0 Å². The first kappa shape index (κ1) is 15.9. The van der Waals surface area contributed by atoms with Gasteiger partial charge in [0.05, 0.1) is 13.2 Å². The van der Waals surface area contributed by atoms with Crippen LogP contribution in [0.4, 0.5) is 9.18 Å². The molecule has 5 nitrogen and oxygen atoms in total. The third kappa shape index (κ3) is 2.44. The summed E-state index contributed by atoms with van der Waals surface area (Å²) in [7, 11) is 0. The van der Waals surface area contributed by atoms with E-state index in [1.807, 2.05) is 6.07 Å². The Morgan fingerprint density at radius 1 is 1.24 bits per heavy atom. The molecule has 0 aromatic heterocycles. The molecule has 0 unspecified atom stereocenters. The summed E-state index contributed by atoms with van der Waals surface area (Å²) in [5.74, 6) is -0.238. The number of ether oxygens (including phenoxy) is 1. The third-order valence-corrected chi connectivity index (χ3v) is 4.95. The molecule has 1 saturated heterocycles. The zero-order valence-electron chi connectivity index (χ0n) is 13.1. The molecule has 1 spiro atoms. The van der Waals surface area contributed by atoms with Crippen LogP contribution in [0, 0.1) is 5.82 Å². The van der Waals surface area contributed by atoms with Crippen LogP contribution in [0.25, 0.3) is 0 Å². The van der Waals surface area contributed by atoms with Crippen molar-refractivity contribution in [2.75, 3.05) is 6.61 Å². The Balaban J connectivity index is 1.70. The molecule has 2 aromatic rings. The Bertz CT molecular complexity index is 888. The molecule has 128 valence electrons. The normalized spacial score (nSPS) is 21.9. The standard InChI is InChI=1S/C18H14ClFN2O3/c19-14-9-12(20)6-5-11(14)10-22-16(23)18(21-17(22)24)7-8-25-15-4-2-1-3-13(15)18/h1-6,9H,7-8,10H2,(H,21,24)/t18-/m0/s1. The number of hydrogen-bond donors (Lipinski definition) is 1. The van der Waals surface area contributed by atoms with Gasteiger partial charge in [0, 0.05) is 17.0 Å². The maximum absolute atomic E-state index is 13.2. The number of rotatable bonds is 2. The number of para-hydroxylation sites is 1. The minimum absolute atomic E-state index is 0.0193. The number of nitrogens with one attached hydrogen (secondary N) is 1. The van der Waals surface area contributed by atoms with Crippen molar-refractivity contribution in [2.24, 2.45) is 0 Å². The summed E-state index contributed by atoms with van der Waals surface area (Å²) < 4.78 is 18.8. The molecular formula is C18H14ClFN2O3. The van der Waals surface area contributed by atoms with Crippen molar-refractivity contribution in [1.82, 2.24) is 10.2 Å². The lowest BCUT2D eigenvalue weighted by Crippen LogP contribution is -2.47. The second-order valence-electron chi connectivity index (χ2n) is 6.06. The molecule has 7 heteroatoms. The Morgan fingerprint density at radius 3 is 2.84 bits per heavy atom. The van der Waals surface area contributed by atoms with Gasteiger partial charge in [-0.05, 0) is 23.8 Å². The number of carbonyl (C=O) groups is 2. The molecule has 0 radical (unpaired) electrons. The van der Waals surface area contributed by atoms with E-state index in [9.17, 15) is 14.0 Å². The second-order valence-corrected chi connectivity index (χ2v) is 6.46. The van der Waals surface area contributed by atoms with Crippen LogP contribution in [0.5, 0.6) is 5.75 Å². The molecule has 0 aliphatic carbocycles. The summed E-state index contributed by atoms with van der Waals surface area (Å²) in [4.78, 5) is 26.7. The summed E-state index contributed by atoms with van der Waals surface area (Å²) in [6.07, 6.45) is 0.349. The predicted molar refractivity (Wildman–Crippen MR) is 88.7 cm³/mol. The van der Waals surface area contributed by atoms with Crippen molar-refractivity contribution in [3.63, 3.8) is 0 Å². The van der Waals surface area contributed by atoms with E-state index in [0.717, 1.165) is 11.0 Å². The molecule has 3 amide bonds. The number of nitrogens with zero attached hydrogens (tertiary/aromatic N) is 1. The Kier molecular flexibility index (Phi) is 3.65. The summed E-state index contributed by atoms with van der Waals surface area (Å²) in [5, 5.41) is 2.99. The van der Waals surface area contributed by atoms with Crippen LogP contribution >= 0.6 is 11.6 Å². The lowest BCUT2D eigenvalue weighted by molar-refractivity contribution is -0.133. The van der Waals surface area contributed by atoms with Crippen molar-refractivity contribution < 1.29 is 18.7 Å². The molecule has 2 aliphatic heterocycles. The lowest BCUT2D eigenvalue weighted by Gasteiger charge is -2.33. The average molecular weight is 361 g/mol.